The van der Waals surface area contributed by atoms with Crippen molar-refractivity contribution in [2.45, 2.75) is 53.2 Å². The van der Waals surface area contributed by atoms with E-state index in [-0.39, 0.29) is 23.7 Å². The van der Waals surface area contributed by atoms with Crippen LogP contribution >= 0.6 is 0 Å². The van der Waals surface area contributed by atoms with Gasteiger partial charge in [-0.15, -0.1) is 0 Å². The van der Waals surface area contributed by atoms with Crippen LogP contribution in [-0.4, -0.2) is 24.2 Å². The van der Waals surface area contributed by atoms with Gasteiger partial charge in [0.2, 0.25) is 0 Å². The lowest BCUT2D eigenvalue weighted by atomic mass is 10.1. The van der Waals surface area contributed by atoms with Gasteiger partial charge in [0.1, 0.15) is 0 Å². The third-order valence-electron chi connectivity index (χ3n) is 3.78. The van der Waals surface area contributed by atoms with E-state index in [1.54, 1.807) is 0 Å². The first-order chi connectivity index (χ1) is 10.9. The smallest absolute Gasteiger partial charge is 0.332 e. The zero-order valence-corrected chi connectivity index (χ0v) is 14.2. The van der Waals surface area contributed by atoms with Crippen LogP contribution in [0.1, 0.15) is 45.0 Å². The Labute approximate surface area is 134 Å². The van der Waals surface area contributed by atoms with Crippen molar-refractivity contribution in [2.75, 3.05) is 0 Å². The summed E-state index contributed by atoms with van der Waals surface area (Å²) < 4.78 is 2.54. The van der Waals surface area contributed by atoms with Gasteiger partial charge in [-0.25, -0.2) is 14.8 Å². The van der Waals surface area contributed by atoms with Gasteiger partial charge in [-0.05, 0) is 18.8 Å². The van der Waals surface area contributed by atoms with Gasteiger partial charge >= 0.3 is 5.69 Å². The molecule has 2 rings (SSSR count). The molecule has 0 aliphatic carbocycles. The Morgan fingerprint density at radius 3 is 2.43 bits per heavy atom. The summed E-state index contributed by atoms with van der Waals surface area (Å²) in [6, 6.07) is 0. The molecule has 0 atom stereocenters. The average molecular weight is 320 g/mol. The third-order valence-corrected chi connectivity index (χ3v) is 3.78. The molecule has 23 heavy (non-hydrogen) atoms. The molecule has 126 valence electrons. The van der Waals surface area contributed by atoms with Gasteiger partial charge in [0.05, 0.1) is 18.0 Å². The number of unbranched alkanes of at least 4 members (excludes halogenated alkanes) is 1. The van der Waals surface area contributed by atoms with Gasteiger partial charge in [-0.3, -0.25) is 13.9 Å². The highest BCUT2D eigenvalue weighted by Gasteiger charge is 2.17. The molecule has 0 saturated heterocycles. The van der Waals surface area contributed by atoms with Crippen LogP contribution in [0.15, 0.2) is 9.59 Å². The summed E-state index contributed by atoms with van der Waals surface area (Å²) in [6.45, 7) is 6.22. The largest absolute Gasteiger partial charge is 0.390 e. The Hall–Kier alpha value is -2.02. The van der Waals surface area contributed by atoms with Gasteiger partial charge < -0.3 is 5.11 Å². The normalized spacial score (nSPS) is 11.6. The molecular weight excluding hydrogens is 296 g/mol. The second-order valence-electron chi connectivity index (χ2n) is 6.20. The Morgan fingerprint density at radius 1 is 1.17 bits per heavy atom. The molecule has 2 aromatic heterocycles. The number of rotatable bonds is 6. The highest BCUT2D eigenvalue weighted by Crippen LogP contribution is 2.13. The van der Waals surface area contributed by atoms with E-state index in [1.165, 1.54) is 11.6 Å². The third kappa shape index (κ3) is 3.34. The van der Waals surface area contributed by atoms with Crippen molar-refractivity contribution in [1.29, 1.82) is 0 Å². The zero-order valence-electron chi connectivity index (χ0n) is 14.2. The Morgan fingerprint density at radius 2 is 1.87 bits per heavy atom. The Bertz CT molecular complexity index is 821. The van der Waals surface area contributed by atoms with E-state index < -0.39 is 11.2 Å². The quantitative estimate of drug-likeness (QED) is 0.857. The van der Waals surface area contributed by atoms with E-state index in [0.717, 1.165) is 17.4 Å². The van der Waals surface area contributed by atoms with Crippen LogP contribution in [0.4, 0.5) is 0 Å². The van der Waals surface area contributed by atoms with Crippen molar-refractivity contribution < 1.29 is 5.11 Å². The molecule has 0 fully saturated rings. The Balaban J connectivity index is 2.81. The molecule has 0 aliphatic rings. The van der Waals surface area contributed by atoms with Gasteiger partial charge in [0.15, 0.2) is 11.2 Å². The fraction of sp³-hybridized carbons (Fsp3) is 0.625. The van der Waals surface area contributed by atoms with Crippen molar-refractivity contribution in [3.8, 4) is 0 Å². The first-order valence-corrected chi connectivity index (χ1v) is 8.00. The molecule has 0 bridgehead atoms. The first kappa shape index (κ1) is 17.3. The van der Waals surface area contributed by atoms with Crippen LogP contribution in [0.5, 0.6) is 0 Å². The van der Waals surface area contributed by atoms with Crippen LogP contribution in [-0.2, 0) is 26.6 Å². The number of nitrogens with zero attached hydrogens (tertiary/aromatic N) is 4. The number of aromatic nitrogens is 4. The van der Waals surface area contributed by atoms with Crippen molar-refractivity contribution in [1.82, 2.24) is 19.1 Å². The van der Waals surface area contributed by atoms with Gasteiger partial charge in [0, 0.05) is 13.6 Å². The zero-order chi connectivity index (χ0) is 17.1. The molecule has 0 saturated carbocycles. The summed E-state index contributed by atoms with van der Waals surface area (Å²) in [7, 11) is 1.45. The van der Waals surface area contributed by atoms with Crippen molar-refractivity contribution in [3.63, 3.8) is 0 Å². The monoisotopic (exact) mass is 320 g/mol. The van der Waals surface area contributed by atoms with Crippen LogP contribution in [0.2, 0.25) is 0 Å². The number of fused-ring (bicyclic) bond motifs is 1. The maximum atomic E-state index is 12.4. The highest BCUT2D eigenvalue weighted by molar-refractivity contribution is 5.69. The molecule has 1 N–H and O–H groups in total. The molecule has 0 radical (unpaired) electrons. The molecular formula is C16H24N4O3. The Kier molecular flexibility index (Phi) is 5.30. The van der Waals surface area contributed by atoms with Crippen molar-refractivity contribution in [3.05, 3.63) is 32.2 Å². The molecule has 0 amide bonds. The molecule has 2 heterocycles. The van der Waals surface area contributed by atoms with Crippen molar-refractivity contribution >= 4 is 11.2 Å². The van der Waals surface area contributed by atoms with E-state index in [4.69, 9.17) is 0 Å². The van der Waals surface area contributed by atoms with E-state index in [0.29, 0.717) is 24.4 Å². The molecule has 7 heteroatoms. The molecule has 0 spiro atoms. The molecule has 0 aromatic carbocycles. The molecule has 2 aromatic rings. The maximum Gasteiger partial charge on any atom is 0.332 e. The average Bonchev–Trinajstić information content (AvgIpc) is 2.53. The summed E-state index contributed by atoms with van der Waals surface area (Å²) in [5, 5.41) is 9.57. The lowest BCUT2D eigenvalue weighted by Gasteiger charge is -2.15. The standard InChI is InChI=1S/C16H24N4O3/c1-5-6-7-11-12(9-21)18-14-13(17-11)15(22)19(4)16(23)20(14)8-10(2)3/h10,21H,5-9H2,1-4H3. The fourth-order valence-corrected chi connectivity index (χ4v) is 2.54. The summed E-state index contributed by atoms with van der Waals surface area (Å²) >= 11 is 0. The fourth-order valence-electron chi connectivity index (χ4n) is 2.54. The first-order valence-electron chi connectivity index (χ1n) is 8.00. The van der Waals surface area contributed by atoms with E-state index in [1.807, 2.05) is 13.8 Å². The lowest BCUT2D eigenvalue weighted by Crippen LogP contribution is -2.40. The second-order valence-corrected chi connectivity index (χ2v) is 6.20. The number of aryl methyl sites for hydroxylation is 1. The molecule has 0 aliphatic heterocycles. The minimum Gasteiger partial charge on any atom is -0.390 e. The lowest BCUT2D eigenvalue weighted by molar-refractivity contribution is 0.275. The molecule has 0 unspecified atom stereocenters. The van der Waals surface area contributed by atoms with Crippen LogP contribution in [0.25, 0.3) is 11.2 Å². The topological polar surface area (TPSA) is 90.0 Å². The number of aliphatic hydroxyl groups is 1. The predicted molar refractivity (Wildman–Crippen MR) is 88.4 cm³/mol. The van der Waals surface area contributed by atoms with Gasteiger partial charge in [-0.2, -0.15) is 0 Å². The second kappa shape index (κ2) is 7.04. The predicted octanol–water partition coefficient (Wildman–Crippen LogP) is 0.981. The van der Waals surface area contributed by atoms with E-state index >= 15 is 0 Å². The minimum absolute atomic E-state index is 0.191. The molecule has 7 nitrogen and oxygen atoms in total. The summed E-state index contributed by atoms with van der Waals surface area (Å²) in [5.74, 6) is 0.215. The summed E-state index contributed by atoms with van der Waals surface area (Å²) in [4.78, 5) is 33.6. The van der Waals surface area contributed by atoms with Crippen LogP contribution < -0.4 is 11.2 Å². The number of hydrogen-bond acceptors (Lipinski definition) is 5. The SMILES string of the molecule is CCCCc1nc2c(=O)n(C)c(=O)n(CC(C)C)c2nc1CO. The highest BCUT2D eigenvalue weighted by atomic mass is 16.3. The summed E-state index contributed by atoms with van der Waals surface area (Å²) in [6.07, 6.45) is 2.54. The van der Waals surface area contributed by atoms with E-state index in [9.17, 15) is 14.7 Å². The number of aliphatic hydroxyl groups excluding tert-OH is 1. The van der Waals surface area contributed by atoms with Crippen LogP contribution in [0, 0.1) is 5.92 Å². The van der Waals surface area contributed by atoms with Crippen LogP contribution in [0.3, 0.4) is 0 Å². The van der Waals surface area contributed by atoms with Crippen molar-refractivity contribution in [2.24, 2.45) is 13.0 Å². The number of hydrogen-bond donors (Lipinski definition) is 1. The van der Waals surface area contributed by atoms with E-state index in [2.05, 4.69) is 16.9 Å². The van der Waals surface area contributed by atoms with Gasteiger partial charge in [-0.1, -0.05) is 27.2 Å². The summed E-state index contributed by atoms with van der Waals surface area (Å²) in [5.41, 5.74) is 0.674. The minimum atomic E-state index is -0.445. The van der Waals surface area contributed by atoms with Gasteiger partial charge in [0.25, 0.3) is 5.56 Å². The maximum absolute atomic E-state index is 12.4.